The molecular formula is C18H27N2O3+. The van der Waals surface area contributed by atoms with Crippen LogP contribution in [0.2, 0.25) is 0 Å². The minimum absolute atomic E-state index is 0.0221. The van der Waals surface area contributed by atoms with Crippen LogP contribution in [0.4, 0.5) is 0 Å². The second kappa shape index (κ2) is 7.68. The van der Waals surface area contributed by atoms with Crippen molar-refractivity contribution in [3.05, 3.63) is 23.8 Å². The zero-order valence-electron chi connectivity index (χ0n) is 13.9. The number of quaternary nitrogens is 1. The van der Waals surface area contributed by atoms with Crippen LogP contribution in [0.25, 0.3) is 0 Å². The highest BCUT2D eigenvalue weighted by atomic mass is 16.7. The highest BCUT2D eigenvalue weighted by Crippen LogP contribution is 2.34. The Kier molecular flexibility index (Phi) is 5.39. The lowest BCUT2D eigenvalue weighted by molar-refractivity contribution is -0.893. The third-order valence-electron chi connectivity index (χ3n) is 4.75. The molecule has 0 bridgehead atoms. The Morgan fingerprint density at radius 2 is 1.83 bits per heavy atom. The lowest BCUT2D eigenvalue weighted by atomic mass is 10.1. The second-order valence-electron chi connectivity index (χ2n) is 6.60. The summed E-state index contributed by atoms with van der Waals surface area (Å²) in [5.41, 5.74) is 1.05. The third-order valence-corrected chi connectivity index (χ3v) is 4.75. The van der Waals surface area contributed by atoms with Crippen molar-refractivity contribution < 1.29 is 19.2 Å². The van der Waals surface area contributed by atoms with Crippen LogP contribution in [0.1, 0.15) is 50.6 Å². The topological polar surface area (TPSA) is 52.0 Å². The molecule has 1 fully saturated rings. The van der Waals surface area contributed by atoms with Gasteiger partial charge in [0, 0.05) is 0 Å². The average molecular weight is 319 g/mol. The number of nitrogens with one attached hydrogen (secondary N) is 2. The van der Waals surface area contributed by atoms with Gasteiger partial charge in [-0.05, 0) is 50.3 Å². The van der Waals surface area contributed by atoms with Gasteiger partial charge in [-0.2, -0.15) is 0 Å². The Morgan fingerprint density at radius 1 is 1.13 bits per heavy atom. The fourth-order valence-corrected chi connectivity index (χ4v) is 3.37. The van der Waals surface area contributed by atoms with E-state index in [2.05, 4.69) is 5.32 Å². The normalized spacial score (nSPS) is 19.7. The molecule has 0 unspecified atom stereocenters. The van der Waals surface area contributed by atoms with Crippen LogP contribution < -0.4 is 19.7 Å². The number of likely N-dealkylation sites (tertiary alicyclic amines) is 1. The zero-order chi connectivity index (χ0) is 16.1. The van der Waals surface area contributed by atoms with Gasteiger partial charge >= 0.3 is 0 Å². The van der Waals surface area contributed by atoms with Crippen molar-refractivity contribution in [2.45, 2.75) is 45.1 Å². The number of amides is 1. The number of benzene rings is 1. The summed E-state index contributed by atoms with van der Waals surface area (Å²) in [7, 11) is 0. The van der Waals surface area contributed by atoms with Crippen LogP contribution in [0.3, 0.4) is 0 Å². The van der Waals surface area contributed by atoms with Crippen molar-refractivity contribution in [3.63, 3.8) is 0 Å². The van der Waals surface area contributed by atoms with E-state index in [0.717, 1.165) is 30.2 Å². The van der Waals surface area contributed by atoms with E-state index in [-0.39, 0.29) is 18.7 Å². The van der Waals surface area contributed by atoms with Gasteiger partial charge in [-0.1, -0.05) is 12.5 Å². The fraction of sp³-hybridized carbons (Fsp3) is 0.611. The van der Waals surface area contributed by atoms with E-state index in [1.54, 1.807) is 0 Å². The molecule has 5 nitrogen and oxygen atoms in total. The molecule has 2 aliphatic rings. The van der Waals surface area contributed by atoms with Crippen LogP contribution in [0.5, 0.6) is 11.5 Å². The molecule has 23 heavy (non-hydrogen) atoms. The molecule has 2 aliphatic heterocycles. The van der Waals surface area contributed by atoms with Crippen molar-refractivity contribution >= 4 is 5.91 Å². The number of fused-ring (bicyclic) bond motifs is 1. The molecule has 2 heterocycles. The lowest BCUT2D eigenvalue weighted by Gasteiger charge is -2.22. The summed E-state index contributed by atoms with van der Waals surface area (Å²) >= 11 is 0. The highest BCUT2D eigenvalue weighted by Gasteiger charge is 2.19. The summed E-state index contributed by atoms with van der Waals surface area (Å²) < 4.78 is 10.7. The first-order valence-electron chi connectivity index (χ1n) is 8.75. The van der Waals surface area contributed by atoms with Gasteiger partial charge in [0.05, 0.1) is 19.1 Å². The summed E-state index contributed by atoms with van der Waals surface area (Å²) in [5.74, 6) is 1.67. The van der Waals surface area contributed by atoms with E-state index in [0.29, 0.717) is 6.54 Å². The van der Waals surface area contributed by atoms with Crippen molar-refractivity contribution in [2.75, 3.05) is 26.4 Å². The van der Waals surface area contributed by atoms with Gasteiger partial charge in [-0.3, -0.25) is 4.79 Å². The number of carbonyl (C=O) groups is 1. The second-order valence-corrected chi connectivity index (χ2v) is 6.60. The van der Waals surface area contributed by atoms with E-state index < -0.39 is 0 Å². The summed E-state index contributed by atoms with van der Waals surface area (Å²) in [6.45, 7) is 5.10. The molecule has 5 heteroatoms. The SMILES string of the molecule is C[C@H](NC(=O)C[NH+]1CCCCCCC1)c1ccc2c(c1)OCO2. The van der Waals surface area contributed by atoms with Crippen LogP contribution in [-0.4, -0.2) is 32.3 Å². The van der Waals surface area contributed by atoms with Gasteiger partial charge in [0.2, 0.25) is 6.79 Å². The molecule has 1 atom stereocenters. The summed E-state index contributed by atoms with van der Waals surface area (Å²) in [6, 6.07) is 5.83. The zero-order valence-corrected chi connectivity index (χ0v) is 13.9. The Balaban J connectivity index is 1.52. The molecule has 3 rings (SSSR count). The van der Waals surface area contributed by atoms with Gasteiger partial charge in [0.25, 0.3) is 5.91 Å². The molecular weight excluding hydrogens is 292 g/mol. The average Bonchev–Trinajstić information content (AvgIpc) is 2.97. The minimum Gasteiger partial charge on any atom is -0.454 e. The lowest BCUT2D eigenvalue weighted by Crippen LogP contribution is -3.13. The van der Waals surface area contributed by atoms with E-state index in [4.69, 9.17) is 9.47 Å². The Bertz CT molecular complexity index is 539. The standard InChI is InChI=1S/C18H26N2O3/c1-14(15-7-8-16-17(11-15)23-13-22-16)19-18(21)12-20-9-5-3-2-4-6-10-20/h7-8,11,14H,2-6,9-10,12-13H2,1H3,(H,19,21)/p+1/t14-/m0/s1. The number of carbonyl (C=O) groups excluding carboxylic acids is 1. The van der Waals surface area contributed by atoms with Crippen LogP contribution >= 0.6 is 0 Å². The Labute approximate surface area is 137 Å². The first kappa shape index (κ1) is 16.1. The van der Waals surface area contributed by atoms with Gasteiger partial charge in [0.1, 0.15) is 0 Å². The van der Waals surface area contributed by atoms with Crippen LogP contribution in [0, 0.1) is 0 Å². The molecule has 1 amide bonds. The van der Waals surface area contributed by atoms with Crippen molar-refractivity contribution in [2.24, 2.45) is 0 Å². The van der Waals surface area contributed by atoms with E-state index in [1.165, 1.54) is 37.0 Å². The maximum Gasteiger partial charge on any atom is 0.275 e. The predicted octanol–water partition coefficient (Wildman–Crippen LogP) is 1.44. The number of rotatable bonds is 4. The first-order chi connectivity index (χ1) is 11.2. The monoisotopic (exact) mass is 319 g/mol. The molecule has 0 aromatic heterocycles. The van der Waals surface area contributed by atoms with Crippen molar-refractivity contribution in [1.82, 2.24) is 5.32 Å². The van der Waals surface area contributed by atoms with Gasteiger partial charge in [-0.25, -0.2) is 0 Å². The van der Waals surface area contributed by atoms with E-state index >= 15 is 0 Å². The molecule has 0 aliphatic carbocycles. The van der Waals surface area contributed by atoms with Gasteiger partial charge < -0.3 is 19.7 Å². The maximum atomic E-state index is 12.3. The molecule has 0 saturated carbocycles. The Hall–Kier alpha value is -1.75. The van der Waals surface area contributed by atoms with Crippen molar-refractivity contribution in [3.8, 4) is 11.5 Å². The number of hydrogen-bond donors (Lipinski definition) is 2. The molecule has 1 saturated heterocycles. The van der Waals surface area contributed by atoms with Crippen LogP contribution in [-0.2, 0) is 4.79 Å². The molecule has 0 radical (unpaired) electrons. The summed E-state index contributed by atoms with van der Waals surface area (Å²) in [5, 5.41) is 3.11. The number of ether oxygens (including phenoxy) is 2. The molecule has 0 spiro atoms. The first-order valence-corrected chi connectivity index (χ1v) is 8.75. The molecule has 1 aromatic carbocycles. The number of hydrogen-bond acceptors (Lipinski definition) is 3. The highest BCUT2D eigenvalue weighted by molar-refractivity contribution is 5.77. The Morgan fingerprint density at radius 3 is 2.61 bits per heavy atom. The summed E-state index contributed by atoms with van der Waals surface area (Å²) in [4.78, 5) is 13.8. The van der Waals surface area contributed by atoms with Crippen LogP contribution in [0.15, 0.2) is 18.2 Å². The largest absolute Gasteiger partial charge is 0.454 e. The van der Waals surface area contributed by atoms with Gasteiger partial charge in [-0.15, -0.1) is 0 Å². The minimum atomic E-state index is -0.0221. The predicted molar refractivity (Wildman–Crippen MR) is 87.8 cm³/mol. The van der Waals surface area contributed by atoms with Gasteiger partial charge in [0.15, 0.2) is 18.0 Å². The summed E-state index contributed by atoms with van der Waals surface area (Å²) in [6.07, 6.45) is 6.43. The fourth-order valence-electron chi connectivity index (χ4n) is 3.37. The third kappa shape index (κ3) is 4.38. The van der Waals surface area contributed by atoms with Crippen molar-refractivity contribution in [1.29, 1.82) is 0 Å². The van der Waals surface area contributed by atoms with E-state index in [1.807, 2.05) is 25.1 Å². The molecule has 1 aromatic rings. The smallest absolute Gasteiger partial charge is 0.275 e. The quantitative estimate of drug-likeness (QED) is 0.883. The van der Waals surface area contributed by atoms with E-state index in [9.17, 15) is 4.79 Å². The maximum absolute atomic E-state index is 12.3. The molecule has 126 valence electrons. The molecule has 2 N–H and O–H groups in total.